The molecule has 0 atom stereocenters. The Morgan fingerprint density at radius 2 is 0.706 bits per heavy atom. The molecule has 0 aliphatic heterocycles. The van der Waals surface area contributed by atoms with Crippen LogP contribution in [0.25, 0.3) is 0 Å². The van der Waals surface area contributed by atoms with Crippen LogP contribution >= 0.6 is 0 Å². The number of nitrogens with zero attached hydrogens (tertiary/aromatic N) is 6. The van der Waals surface area contributed by atoms with Gasteiger partial charge in [-0.25, -0.2) is 0 Å². The molecule has 0 amide bonds. The molecule has 86 valence electrons. The fourth-order valence-corrected chi connectivity index (χ4v) is 1.26. The van der Waals surface area contributed by atoms with Gasteiger partial charge >= 0.3 is 84.3 Å². The predicted molar refractivity (Wildman–Crippen MR) is 39.5 cm³/mol. The van der Waals surface area contributed by atoms with E-state index in [1.165, 1.54) is 0 Å². The average molecular weight is 274 g/mol. The van der Waals surface area contributed by atoms with E-state index in [1.54, 1.807) is 0 Å². The van der Waals surface area contributed by atoms with E-state index in [0.29, 0.717) is 0 Å². The first-order chi connectivity index (χ1) is 6.85. The van der Waals surface area contributed by atoms with Crippen LogP contribution in [0.3, 0.4) is 0 Å². The van der Waals surface area contributed by atoms with E-state index >= 15 is 0 Å². The summed E-state index contributed by atoms with van der Waals surface area (Å²) in [6.45, 7) is 0. The van der Waals surface area contributed by atoms with Crippen molar-refractivity contribution in [3.63, 3.8) is 0 Å². The number of hydrogen-bond acceptors (Lipinski definition) is 8. The second-order valence-corrected chi connectivity index (χ2v) is 19.1. The molecule has 0 aromatic rings. The molecule has 0 unspecified atom stereocenters. The van der Waals surface area contributed by atoms with Gasteiger partial charge in [0.2, 0.25) is 0 Å². The van der Waals surface area contributed by atoms with E-state index in [2.05, 4.69) is 0 Å². The van der Waals surface area contributed by atoms with Crippen LogP contribution in [0.2, 0.25) is 0 Å². The maximum absolute atomic E-state index is 13.2. The molecule has 0 aromatic carbocycles. The molecular weight excluding hydrogens is 272 g/mol. The van der Waals surface area contributed by atoms with Crippen LogP contribution in [0.15, 0.2) is 0 Å². The second kappa shape index (κ2) is 0.811. The summed E-state index contributed by atoms with van der Waals surface area (Å²) < 4.78 is 43.7. The van der Waals surface area contributed by atoms with E-state index in [0.717, 1.165) is 0 Å². The van der Waals surface area contributed by atoms with Crippen molar-refractivity contribution in [2.75, 3.05) is 0 Å². The normalized spacial score (nSPS) is 25.9. The zero-order valence-corrected chi connectivity index (χ0v) is 9.08. The Hall–Kier alpha value is -3.01. The van der Waals surface area contributed by atoms with Gasteiger partial charge in [-0.2, -0.15) is 0 Å². The quantitative estimate of drug-likeness (QED) is 0.533. The van der Waals surface area contributed by atoms with Crippen LogP contribution in [0.1, 0.15) is 0 Å². The molecule has 0 saturated heterocycles. The van der Waals surface area contributed by atoms with Gasteiger partial charge in [0, 0.05) is 0 Å². The fourth-order valence-electron chi connectivity index (χ4n) is 0.306. The van der Waals surface area contributed by atoms with Gasteiger partial charge in [0.1, 0.15) is 0 Å². The third-order valence-corrected chi connectivity index (χ3v) is 9.51. The summed E-state index contributed by atoms with van der Waals surface area (Å²) in [6, 6.07) is 0. The van der Waals surface area contributed by atoms with Crippen LogP contribution in [0.4, 0.5) is 0 Å². The number of rotatable bonds is 0. The van der Waals surface area contributed by atoms with Gasteiger partial charge in [0.15, 0.2) is 0 Å². The van der Waals surface area contributed by atoms with Crippen LogP contribution in [0, 0.1) is 61.2 Å². The van der Waals surface area contributed by atoms with Crippen molar-refractivity contribution in [3.8, 4) is 29.6 Å². The number of nitriles is 6. The zero-order valence-electron chi connectivity index (χ0n) is 7.80. The molecule has 0 aromatic heterocycles. The van der Waals surface area contributed by atoms with Crippen molar-refractivity contribution in [2.45, 2.75) is 0 Å². The third kappa shape index (κ3) is 0.604. The summed E-state index contributed by atoms with van der Waals surface area (Å²) >= 11 is 0. The second-order valence-electron chi connectivity index (χ2n) is 4.62. The van der Waals surface area contributed by atoms with Gasteiger partial charge in [-0.15, -0.1) is 0 Å². The van der Waals surface area contributed by atoms with Crippen LogP contribution in [-0.4, -0.2) is 8.32 Å². The SMILES string of the molecule is N#[C][Cr](=[O])(=[O])([OH])([OH])([C]#N)([C]#N)([C]#N)([C]#N)[C]#N. The zero-order chi connectivity index (χ0) is 14.6. The molecular formula is C6H2CrN6O4. The van der Waals surface area contributed by atoms with Crippen molar-refractivity contribution in [1.82, 2.24) is 0 Å². The molecule has 17 heavy (non-hydrogen) atoms. The Morgan fingerprint density at radius 1 is 0.588 bits per heavy atom. The molecule has 0 fully saturated rings. The molecule has 10 nitrogen and oxygen atoms in total. The molecule has 11 heteroatoms. The Bertz CT molecular complexity index is 996. The van der Waals surface area contributed by atoms with Crippen molar-refractivity contribution < 1.29 is 23.1 Å². The molecule has 2 N–H and O–H groups in total. The first kappa shape index (κ1) is 14.0. The molecule has 0 heterocycles. The summed E-state index contributed by atoms with van der Waals surface area (Å²) in [4.78, 5) is -4.10. The fraction of sp³-hybridized carbons (Fsp3) is 0. The molecule has 0 bridgehead atoms. The van der Waals surface area contributed by atoms with Gasteiger partial charge in [0.05, 0.1) is 0 Å². The summed E-state index contributed by atoms with van der Waals surface area (Å²) in [6.07, 6.45) is 0. The molecule has 0 aliphatic rings. The Balaban J connectivity index is 10.2. The van der Waals surface area contributed by atoms with Gasteiger partial charge in [0.25, 0.3) is 0 Å². The molecule has 0 spiro atoms. The first-order valence-electron chi connectivity index (χ1n) is 3.26. The molecule has 0 rings (SSSR count). The van der Waals surface area contributed by atoms with E-state index < -0.39 is 36.8 Å². The van der Waals surface area contributed by atoms with Crippen molar-refractivity contribution in [1.29, 1.82) is 31.6 Å². The Kier molecular flexibility index (Phi) is 0.668. The van der Waals surface area contributed by atoms with Crippen molar-refractivity contribution in [2.24, 2.45) is 0 Å². The van der Waals surface area contributed by atoms with Crippen LogP contribution in [-0.2, 0) is 14.8 Å². The monoisotopic (exact) mass is 274 g/mol. The number of hydrogen-bond donors (Lipinski definition) is 2. The van der Waals surface area contributed by atoms with Crippen LogP contribution in [0.5, 0.6) is 0 Å². The Morgan fingerprint density at radius 3 is 0.706 bits per heavy atom. The van der Waals surface area contributed by atoms with E-state index in [1.807, 2.05) is 0 Å². The summed E-state index contributed by atoms with van der Waals surface area (Å²) in [7, 11) is -13.2. The van der Waals surface area contributed by atoms with Gasteiger partial charge in [-0.3, -0.25) is 0 Å². The third-order valence-electron chi connectivity index (χ3n) is 2.31. The van der Waals surface area contributed by atoms with Gasteiger partial charge < -0.3 is 0 Å². The first-order valence-corrected chi connectivity index (χ1v) is 9.27. The van der Waals surface area contributed by atoms with E-state index in [4.69, 9.17) is 31.6 Å². The average Bonchev–Trinajstić information content (AvgIpc) is 2.35. The molecule has 0 saturated carbocycles. The minimum absolute atomic E-state index is 0.684. The van der Waals surface area contributed by atoms with Crippen molar-refractivity contribution >= 4 is 0 Å². The topological polar surface area (TPSA) is 217 Å². The molecule has 0 radical (unpaired) electrons. The maximum atomic E-state index is 12.3. The summed E-state index contributed by atoms with van der Waals surface area (Å²) in [5.41, 5.74) is 0. The molecule has 0 aliphatic carbocycles. The summed E-state index contributed by atoms with van der Waals surface area (Å²) in [5.74, 6) is 0. The predicted octanol–water partition coefficient (Wildman–Crippen LogP) is -1.25. The van der Waals surface area contributed by atoms with E-state index in [9.17, 15) is 15.9 Å². The van der Waals surface area contributed by atoms with Crippen molar-refractivity contribution in [3.05, 3.63) is 0 Å². The van der Waals surface area contributed by atoms with Gasteiger partial charge in [-0.1, -0.05) is 0 Å². The summed E-state index contributed by atoms with van der Waals surface area (Å²) in [5, 5.41) is 50.9. The Labute approximate surface area is 84.7 Å². The van der Waals surface area contributed by atoms with Crippen LogP contribution < -0.4 is 0 Å². The standard InChI is InChI=1S/6CN.Cr.2H2O.2O/c6*1-2;;;;;/h;;;;;;;2*1H2;;/q;;;;;;+2;;;;/p-2. The van der Waals surface area contributed by atoms with E-state index in [-0.39, 0.29) is 0 Å². The van der Waals surface area contributed by atoms with Gasteiger partial charge in [-0.05, 0) is 0 Å². The minimum atomic E-state index is -13.2.